The van der Waals surface area contributed by atoms with Crippen LogP contribution in [0.2, 0.25) is 0 Å². The summed E-state index contributed by atoms with van der Waals surface area (Å²) >= 11 is 0. The summed E-state index contributed by atoms with van der Waals surface area (Å²) in [4.78, 5) is 18.2. The molecule has 112 valence electrons. The molecule has 0 amide bonds. The summed E-state index contributed by atoms with van der Waals surface area (Å²) < 4.78 is 1.44. The van der Waals surface area contributed by atoms with Crippen molar-refractivity contribution in [1.82, 2.24) is 19.5 Å². The van der Waals surface area contributed by atoms with Gasteiger partial charge < -0.3 is 5.11 Å². The Hall–Kier alpha value is -1.95. The maximum Gasteiger partial charge on any atom is 0.354 e. The molecule has 2 aromatic rings. The molecule has 1 aliphatic heterocycles. The van der Waals surface area contributed by atoms with Crippen LogP contribution in [0.25, 0.3) is 5.65 Å². The lowest BCUT2D eigenvalue weighted by molar-refractivity contribution is 0.0687. The second-order valence-corrected chi connectivity index (χ2v) is 5.80. The molecule has 1 saturated heterocycles. The number of hydrogen-bond acceptors (Lipinski definition) is 4. The van der Waals surface area contributed by atoms with Crippen LogP contribution in [-0.4, -0.2) is 43.2 Å². The molecule has 6 heteroatoms. The van der Waals surface area contributed by atoms with E-state index in [0.717, 1.165) is 25.2 Å². The van der Waals surface area contributed by atoms with E-state index >= 15 is 0 Å². The first kappa shape index (κ1) is 14.0. The second kappa shape index (κ2) is 5.44. The van der Waals surface area contributed by atoms with Crippen molar-refractivity contribution < 1.29 is 9.90 Å². The SMILES string of the molecule is CC(C)N1CCCCC1c1nc2cccc(C(=O)O)n2n1. The van der Waals surface area contributed by atoms with Crippen molar-refractivity contribution >= 4 is 11.6 Å². The molecule has 21 heavy (non-hydrogen) atoms. The van der Waals surface area contributed by atoms with Crippen molar-refractivity contribution in [3.8, 4) is 0 Å². The number of aromatic nitrogens is 3. The molecule has 1 N–H and O–H groups in total. The lowest BCUT2D eigenvalue weighted by Gasteiger charge is -2.36. The predicted octanol–water partition coefficient (Wildman–Crippen LogP) is 2.36. The van der Waals surface area contributed by atoms with Gasteiger partial charge in [0.1, 0.15) is 0 Å². The monoisotopic (exact) mass is 288 g/mol. The van der Waals surface area contributed by atoms with Crippen LogP contribution in [-0.2, 0) is 0 Å². The van der Waals surface area contributed by atoms with Gasteiger partial charge in [-0.25, -0.2) is 14.3 Å². The third-order valence-corrected chi connectivity index (χ3v) is 4.10. The van der Waals surface area contributed by atoms with Gasteiger partial charge in [-0.05, 0) is 45.4 Å². The Labute approximate surface area is 123 Å². The summed E-state index contributed by atoms with van der Waals surface area (Å²) in [7, 11) is 0. The van der Waals surface area contributed by atoms with Crippen LogP contribution < -0.4 is 0 Å². The van der Waals surface area contributed by atoms with E-state index in [-0.39, 0.29) is 11.7 Å². The van der Waals surface area contributed by atoms with Gasteiger partial charge in [0.05, 0.1) is 6.04 Å². The summed E-state index contributed by atoms with van der Waals surface area (Å²) in [5.74, 6) is -0.251. The van der Waals surface area contributed by atoms with Gasteiger partial charge in [0.25, 0.3) is 0 Å². The van der Waals surface area contributed by atoms with E-state index in [1.165, 1.54) is 10.9 Å². The van der Waals surface area contributed by atoms with E-state index in [0.29, 0.717) is 11.7 Å². The summed E-state index contributed by atoms with van der Waals surface area (Å²) in [5, 5.41) is 13.7. The Morgan fingerprint density at radius 3 is 2.90 bits per heavy atom. The smallest absolute Gasteiger partial charge is 0.354 e. The fourth-order valence-corrected chi connectivity index (χ4v) is 3.07. The van der Waals surface area contributed by atoms with E-state index < -0.39 is 5.97 Å². The molecule has 0 aromatic carbocycles. The van der Waals surface area contributed by atoms with Gasteiger partial charge in [0, 0.05) is 6.04 Å². The molecule has 1 atom stereocenters. The molecule has 3 heterocycles. The summed E-state index contributed by atoms with van der Waals surface area (Å²) in [6.45, 7) is 5.40. The molecule has 1 unspecified atom stereocenters. The molecule has 0 aliphatic carbocycles. The number of carboxylic acids is 1. The van der Waals surface area contributed by atoms with Crippen LogP contribution in [0.5, 0.6) is 0 Å². The minimum Gasteiger partial charge on any atom is -0.477 e. The highest BCUT2D eigenvalue weighted by Gasteiger charge is 2.29. The number of rotatable bonds is 3. The fourth-order valence-electron chi connectivity index (χ4n) is 3.07. The number of hydrogen-bond donors (Lipinski definition) is 1. The number of fused-ring (bicyclic) bond motifs is 1. The quantitative estimate of drug-likeness (QED) is 0.938. The number of piperidine rings is 1. The Bertz CT molecular complexity index is 665. The first-order valence-corrected chi connectivity index (χ1v) is 7.42. The van der Waals surface area contributed by atoms with Crippen molar-refractivity contribution in [3.05, 3.63) is 29.7 Å². The summed E-state index contributed by atoms with van der Waals surface area (Å²) in [5.41, 5.74) is 0.748. The molecule has 0 spiro atoms. The van der Waals surface area contributed by atoms with E-state index in [2.05, 4.69) is 28.8 Å². The number of carbonyl (C=O) groups is 1. The molecule has 6 nitrogen and oxygen atoms in total. The van der Waals surface area contributed by atoms with Crippen LogP contribution in [0.1, 0.15) is 55.5 Å². The minimum atomic E-state index is -0.985. The van der Waals surface area contributed by atoms with Crippen LogP contribution in [0.15, 0.2) is 18.2 Å². The molecule has 0 bridgehead atoms. The molecule has 1 aliphatic rings. The second-order valence-electron chi connectivity index (χ2n) is 5.80. The average Bonchev–Trinajstić information content (AvgIpc) is 2.90. The number of carboxylic acid groups (broad SMARTS) is 1. The Morgan fingerprint density at radius 1 is 1.38 bits per heavy atom. The average molecular weight is 288 g/mol. The highest BCUT2D eigenvalue weighted by atomic mass is 16.4. The Morgan fingerprint density at radius 2 is 2.19 bits per heavy atom. The topological polar surface area (TPSA) is 70.7 Å². The third kappa shape index (κ3) is 2.51. The number of nitrogens with zero attached hydrogens (tertiary/aromatic N) is 4. The van der Waals surface area contributed by atoms with Crippen LogP contribution in [0, 0.1) is 0 Å². The van der Waals surface area contributed by atoms with E-state index in [9.17, 15) is 9.90 Å². The van der Waals surface area contributed by atoms with Crippen molar-refractivity contribution in [2.75, 3.05) is 6.54 Å². The van der Waals surface area contributed by atoms with Crippen LogP contribution in [0.4, 0.5) is 0 Å². The zero-order chi connectivity index (χ0) is 15.0. The maximum atomic E-state index is 11.3. The predicted molar refractivity (Wildman–Crippen MR) is 78.4 cm³/mol. The first-order valence-electron chi connectivity index (χ1n) is 7.42. The van der Waals surface area contributed by atoms with Crippen molar-refractivity contribution in [2.24, 2.45) is 0 Å². The Balaban J connectivity index is 2.04. The fraction of sp³-hybridized carbons (Fsp3) is 0.533. The molecule has 0 radical (unpaired) electrons. The largest absolute Gasteiger partial charge is 0.477 e. The van der Waals surface area contributed by atoms with Crippen molar-refractivity contribution in [1.29, 1.82) is 0 Å². The number of aromatic carboxylic acids is 1. The lowest BCUT2D eigenvalue weighted by Crippen LogP contribution is -2.39. The highest BCUT2D eigenvalue weighted by Crippen LogP contribution is 2.30. The van der Waals surface area contributed by atoms with Gasteiger partial charge in [-0.3, -0.25) is 4.90 Å². The lowest BCUT2D eigenvalue weighted by atomic mass is 10.00. The normalized spacial score (nSPS) is 20.2. The molecule has 2 aromatic heterocycles. The Kier molecular flexibility index (Phi) is 3.63. The van der Waals surface area contributed by atoms with Gasteiger partial charge in [0.15, 0.2) is 17.2 Å². The highest BCUT2D eigenvalue weighted by molar-refractivity contribution is 5.86. The molecule has 0 saturated carbocycles. The van der Waals surface area contributed by atoms with Gasteiger partial charge in [-0.1, -0.05) is 12.5 Å². The standard InChI is InChI=1S/C15H20N4O2/c1-10(2)18-9-4-3-6-11(18)14-16-13-8-5-7-12(15(20)21)19(13)17-14/h5,7-8,10-11H,3-4,6,9H2,1-2H3,(H,20,21). The number of pyridine rings is 1. The first-order chi connectivity index (χ1) is 10.1. The molecular weight excluding hydrogens is 268 g/mol. The summed E-state index contributed by atoms with van der Waals surface area (Å²) in [6, 6.07) is 5.67. The minimum absolute atomic E-state index is 0.151. The zero-order valence-electron chi connectivity index (χ0n) is 12.4. The summed E-state index contributed by atoms with van der Waals surface area (Å²) in [6.07, 6.45) is 3.38. The third-order valence-electron chi connectivity index (χ3n) is 4.10. The van der Waals surface area contributed by atoms with Gasteiger partial charge in [-0.2, -0.15) is 0 Å². The van der Waals surface area contributed by atoms with Gasteiger partial charge in [0.2, 0.25) is 0 Å². The van der Waals surface area contributed by atoms with Crippen LogP contribution in [0.3, 0.4) is 0 Å². The van der Waals surface area contributed by atoms with E-state index in [1.54, 1.807) is 18.2 Å². The van der Waals surface area contributed by atoms with Crippen molar-refractivity contribution in [3.63, 3.8) is 0 Å². The number of likely N-dealkylation sites (tertiary alicyclic amines) is 1. The van der Waals surface area contributed by atoms with Gasteiger partial charge >= 0.3 is 5.97 Å². The van der Waals surface area contributed by atoms with E-state index in [4.69, 9.17) is 0 Å². The zero-order valence-corrected chi connectivity index (χ0v) is 12.4. The van der Waals surface area contributed by atoms with Crippen molar-refractivity contribution in [2.45, 2.75) is 45.2 Å². The van der Waals surface area contributed by atoms with Crippen LogP contribution >= 0.6 is 0 Å². The molecular formula is C15H20N4O2. The van der Waals surface area contributed by atoms with E-state index in [1.807, 2.05) is 0 Å². The molecule has 1 fully saturated rings. The van der Waals surface area contributed by atoms with Gasteiger partial charge in [-0.15, -0.1) is 5.10 Å². The maximum absolute atomic E-state index is 11.3. The molecule has 3 rings (SSSR count).